The summed E-state index contributed by atoms with van der Waals surface area (Å²) in [7, 11) is 0. The predicted molar refractivity (Wildman–Crippen MR) is 46.8 cm³/mol. The second-order valence-electron chi connectivity index (χ2n) is 2.43. The van der Waals surface area contributed by atoms with Crippen molar-refractivity contribution in [3.63, 3.8) is 0 Å². The number of hydrogen-bond acceptors (Lipinski definition) is 4. The van der Waals surface area contributed by atoms with Crippen LogP contribution >= 0.6 is 0 Å². The van der Waals surface area contributed by atoms with Crippen LogP contribution in [0.5, 0.6) is 0 Å². The molecule has 0 radical (unpaired) electrons. The third-order valence-corrected chi connectivity index (χ3v) is 1.59. The van der Waals surface area contributed by atoms with Crippen molar-refractivity contribution in [2.45, 2.75) is 20.4 Å². The quantitative estimate of drug-likeness (QED) is 0.709. The minimum atomic E-state index is -1.06. The van der Waals surface area contributed by atoms with Crippen molar-refractivity contribution >= 4 is 11.9 Å². The SMILES string of the molecule is CCNc1nnc(C(=O)O)n1CC. The van der Waals surface area contributed by atoms with Gasteiger partial charge in [-0.25, -0.2) is 4.79 Å². The van der Waals surface area contributed by atoms with Crippen molar-refractivity contribution in [3.05, 3.63) is 5.82 Å². The van der Waals surface area contributed by atoms with Crippen LogP contribution in [0.15, 0.2) is 0 Å². The summed E-state index contributed by atoms with van der Waals surface area (Å²) < 4.78 is 1.52. The molecule has 1 rings (SSSR count). The molecular formula is C7H12N4O2. The van der Waals surface area contributed by atoms with E-state index in [9.17, 15) is 4.79 Å². The van der Waals surface area contributed by atoms with Crippen LogP contribution in [0.2, 0.25) is 0 Å². The first kappa shape index (κ1) is 9.50. The summed E-state index contributed by atoms with van der Waals surface area (Å²) in [6.07, 6.45) is 0. The van der Waals surface area contributed by atoms with Gasteiger partial charge in [0.2, 0.25) is 11.8 Å². The van der Waals surface area contributed by atoms with E-state index in [4.69, 9.17) is 5.11 Å². The molecule has 0 atom stereocenters. The van der Waals surface area contributed by atoms with E-state index in [0.717, 1.165) is 0 Å². The Morgan fingerprint density at radius 2 is 2.23 bits per heavy atom. The largest absolute Gasteiger partial charge is 0.475 e. The highest BCUT2D eigenvalue weighted by Gasteiger charge is 2.15. The zero-order chi connectivity index (χ0) is 9.84. The van der Waals surface area contributed by atoms with Crippen LogP contribution in [0.4, 0.5) is 5.95 Å². The van der Waals surface area contributed by atoms with Gasteiger partial charge in [0.15, 0.2) is 0 Å². The molecule has 0 saturated heterocycles. The fourth-order valence-corrected chi connectivity index (χ4v) is 1.05. The van der Waals surface area contributed by atoms with Crippen LogP contribution in [0.3, 0.4) is 0 Å². The predicted octanol–water partition coefficient (Wildman–Crippen LogP) is 0.428. The summed E-state index contributed by atoms with van der Waals surface area (Å²) in [6, 6.07) is 0. The Labute approximate surface area is 75.6 Å². The van der Waals surface area contributed by atoms with Gasteiger partial charge in [-0.05, 0) is 13.8 Å². The molecule has 0 amide bonds. The molecule has 6 nitrogen and oxygen atoms in total. The highest BCUT2D eigenvalue weighted by Crippen LogP contribution is 2.06. The summed E-state index contributed by atoms with van der Waals surface area (Å²) in [5, 5.41) is 18.9. The first-order valence-corrected chi connectivity index (χ1v) is 4.11. The van der Waals surface area contributed by atoms with Crippen LogP contribution in [0.25, 0.3) is 0 Å². The molecule has 13 heavy (non-hydrogen) atoms. The normalized spacial score (nSPS) is 10.0. The molecule has 0 spiro atoms. The van der Waals surface area contributed by atoms with Gasteiger partial charge < -0.3 is 10.4 Å². The van der Waals surface area contributed by atoms with Gasteiger partial charge in [0, 0.05) is 13.1 Å². The molecule has 1 aromatic heterocycles. The van der Waals surface area contributed by atoms with Gasteiger partial charge in [0.1, 0.15) is 0 Å². The fraction of sp³-hybridized carbons (Fsp3) is 0.571. The van der Waals surface area contributed by atoms with E-state index in [1.807, 2.05) is 13.8 Å². The van der Waals surface area contributed by atoms with Crippen LogP contribution < -0.4 is 5.32 Å². The van der Waals surface area contributed by atoms with Crippen molar-refractivity contribution in [1.82, 2.24) is 14.8 Å². The van der Waals surface area contributed by atoms with Crippen molar-refractivity contribution in [1.29, 1.82) is 0 Å². The van der Waals surface area contributed by atoms with E-state index in [0.29, 0.717) is 19.0 Å². The number of nitrogens with one attached hydrogen (secondary N) is 1. The molecule has 0 fully saturated rings. The number of carboxylic acid groups (broad SMARTS) is 1. The third kappa shape index (κ3) is 1.77. The number of rotatable bonds is 4. The highest BCUT2D eigenvalue weighted by atomic mass is 16.4. The molecule has 0 aromatic carbocycles. The fourth-order valence-electron chi connectivity index (χ4n) is 1.05. The number of hydrogen-bond donors (Lipinski definition) is 2. The molecule has 6 heteroatoms. The topological polar surface area (TPSA) is 80.0 Å². The van der Waals surface area contributed by atoms with Crippen molar-refractivity contribution in [2.75, 3.05) is 11.9 Å². The molecule has 1 aromatic rings. The summed E-state index contributed by atoms with van der Waals surface area (Å²) in [5.41, 5.74) is 0. The smallest absolute Gasteiger partial charge is 0.374 e. The first-order chi connectivity index (χ1) is 6.20. The number of carboxylic acids is 1. The number of aromatic nitrogens is 3. The minimum Gasteiger partial charge on any atom is -0.475 e. The summed E-state index contributed by atoms with van der Waals surface area (Å²) in [4.78, 5) is 10.6. The molecule has 72 valence electrons. The van der Waals surface area contributed by atoms with Crippen LogP contribution in [-0.4, -0.2) is 32.4 Å². The van der Waals surface area contributed by atoms with E-state index in [1.165, 1.54) is 4.57 Å². The second-order valence-corrected chi connectivity index (χ2v) is 2.43. The van der Waals surface area contributed by atoms with E-state index in [1.54, 1.807) is 0 Å². The van der Waals surface area contributed by atoms with Crippen LogP contribution in [0, 0.1) is 0 Å². The number of nitrogens with zero attached hydrogens (tertiary/aromatic N) is 3. The van der Waals surface area contributed by atoms with E-state index in [2.05, 4.69) is 15.5 Å². The number of anilines is 1. The standard InChI is InChI=1S/C7H12N4O2/c1-3-8-7-10-9-5(6(12)13)11(7)4-2/h3-4H2,1-2H3,(H,8,10)(H,12,13). The van der Waals surface area contributed by atoms with Gasteiger partial charge in [-0.1, -0.05) is 0 Å². The van der Waals surface area contributed by atoms with Gasteiger partial charge in [-0.3, -0.25) is 4.57 Å². The average molecular weight is 184 g/mol. The van der Waals surface area contributed by atoms with Crippen molar-refractivity contribution < 1.29 is 9.90 Å². The lowest BCUT2D eigenvalue weighted by Crippen LogP contribution is -2.11. The maximum absolute atomic E-state index is 10.6. The summed E-state index contributed by atoms with van der Waals surface area (Å²) in [6.45, 7) is 4.99. The summed E-state index contributed by atoms with van der Waals surface area (Å²) in [5.74, 6) is -0.584. The van der Waals surface area contributed by atoms with Crippen LogP contribution in [-0.2, 0) is 6.54 Å². The van der Waals surface area contributed by atoms with E-state index < -0.39 is 5.97 Å². The van der Waals surface area contributed by atoms with Gasteiger partial charge in [-0.15, -0.1) is 10.2 Å². The molecule has 0 bridgehead atoms. The van der Waals surface area contributed by atoms with E-state index in [-0.39, 0.29) is 5.82 Å². The third-order valence-electron chi connectivity index (χ3n) is 1.59. The van der Waals surface area contributed by atoms with Gasteiger partial charge in [-0.2, -0.15) is 0 Å². The van der Waals surface area contributed by atoms with Gasteiger partial charge in [0.25, 0.3) is 0 Å². The molecule has 0 aliphatic carbocycles. The zero-order valence-corrected chi connectivity index (χ0v) is 7.61. The maximum atomic E-state index is 10.6. The van der Waals surface area contributed by atoms with Crippen molar-refractivity contribution in [2.24, 2.45) is 0 Å². The molecule has 0 saturated carbocycles. The molecule has 1 heterocycles. The Kier molecular flexibility index (Phi) is 2.84. The molecule has 0 aliphatic heterocycles. The Morgan fingerprint density at radius 3 is 2.69 bits per heavy atom. The maximum Gasteiger partial charge on any atom is 0.374 e. The van der Waals surface area contributed by atoms with E-state index >= 15 is 0 Å². The Hall–Kier alpha value is -1.59. The summed E-state index contributed by atoms with van der Waals surface area (Å²) >= 11 is 0. The first-order valence-electron chi connectivity index (χ1n) is 4.11. The Morgan fingerprint density at radius 1 is 1.54 bits per heavy atom. The Balaban J connectivity index is 3.03. The Bertz CT molecular complexity index is 307. The van der Waals surface area contributed by atoms with Gasteiger partial charge in [0.05, 0.1) is 0 Å². The number of carbonyl (C=O) groups is 1. The van der Waals surface area contributed by atoms with Crippen molar-refractivity contribution in [3.8, 4) is 0 Å². The molecule has 0 aliphatic rings. The molecule has 2 N–H and O–H groups in total. The lowest BCUT2D eigenvalue weighted by Gasteiger charge is -2.04. The van der Waals surface area contributed by atoms with Gasteiger partial charge >= 0.3 is 5.97 Å². The van der Waals surface area contributed by atoms with Crippen LogP contribution in [0.1, 0.15) is 24.5 Å². The lowest BCUT2D eigenvalue weighted by molar-refractivity contribution is 0.0678. The number of aromatic carboxylic acids is 1. The lowest BCUT2D eigenvalue weighted by atomic mass is 10.5. The zero-order valence-electron chi connectivity index (χ0n) is 7.61. The molecule has 0 unspecified atom stereocenters. The average Bonchev–Trinajstić information content (AvgIpc) is 2.48. The molecular weight excluding hydrogens is 172 g/mol. The second kappa shape index (κ2) is 3.88. The minimum absolute atomic E-state index is 0.0292. The monoisotopic (exact) mass is 184 g/mol. The highest BCUT2D eigenvalue weighted by molar-refractivity contribution is 5.83.